The van der Waals surface area contributed by atoms with Crippen molar-refractivity contribution in [3.8, 4) is 0 Å². The molecule has 4 nitrogen and oxygen atoms in total. The van der Waals surface area contributed by atoms with E-state index < -0.39 is 5.97 Å². The summed E-state index contributed by atoms with van der Waals surface area (Å²) in [5.74, 6) is -0.706. The molecule has 78 valence electrons. The standard InChI is InChI=1S/C8H9ClN2O2.FH/c1-2-10-7-5(8(12)13)3-4-6(9)11-7;/h3-4H,2H2,1H3,(H,10,11)(H,12,13);1H. The number of rotatable bonds is 3. The van der Waals surface area contributed by atoms with E-state index in [1.165, 1.54) is 12.1 Å². The van der Waals surface area contributed by atoms with Crippen LogP contribution in [0.25, 0.3) is 0 Å². The first-order valence-electron chi connectivity index (χ1n) is 3.79. The average Bonchev–Trinajstić information content (AvgIpc) is 2.04. The highest BCUT2D eigenvalue weighted by Crippen LogP contribution is 2.15. The highest BCUT2D eigenvalue weighted by atomic mass is 35.5. The van der Waals surface area contributed by atoms with Crippen molar-refractivity contribution in [2.24, 2.45) is 0 Å². The van der Waals surface area contributed by atoms with Gasteiger partial charge < -0.3 is 10.4 Å². The van der Waals surface area contributed by atoms with E-state index in [1.54, 1.807) is 0 Å². The minimum Gasteiger partial charge on any atom is -0.478 e. The smallest absolute Gasteiger partial charge is 0.339 e. The van der Waals surface area contributed by atoms with Crippen molar-refractivity contribution in [1.29, 1.82) is 0 Å². The van der Waals surface area contributed by atoms with Crippen molar-refractivity contribution in [2.45, 2.75) is 6.92 Å². The number of pyridine rings is 1. The molecule has 0 aliphatic heterocycles. The van der Waals surface area contributed by atoms with Gasteiger partial charge in [-0.1, -0.05) is 11.6 Å². The summed E-state index contributed by atoms with van der Waals surface area (Å²) in [6.45, 7) is 2.46. The zero-order valence-corrected chi connectivity index (χ0v) is 8.21. The number of carboxylic acid groups (broad SMARTS) is 1. The fraction of sp³-hybridized carbons (Fsp3) is 0.250. The van der Waals surface area contributed by atoms with Crippen LogP contribution in [0.1, 0.15) is 17.3 Å². The number of aromatic carboxylic acids is 1. The minimum absolute atomic E-state index is 0. The molecule has 1 aromatic heterocycles. The van der Waals surface area contributed by atoms with Gasteiger partial charge in [0.2, 0.25) is 0 Å². The first-order valence-corrected chi connectivity index (χ1v) is 4.16. The summed E-state index contributed by atoms with van der Waals surface area (Å²) in [6, 6.07) is 2.88. The number of carbonyl (C=O) groups is 1. The van der Waals surface area contributed by atoms with Gasteiger partial charge >= 0.3 is 5.97 Å². The lowest BCUT2D eigenvalue weighted by Crippen LogP contribution is -2.07. The lowest BCUT2D eigenvalue weighted by atomic mass is 10.2. The van der Waals surface area contributed by atoms with Crippen LogP contribution in [0.15, 0.2) is 12.1 Å². The maximum Gasteiger partial charge on any atom is 0.339 e. The molecule has 1 rings (SSSR count). The number of halogens is 2. The number of hydrogen-bond acceptors (Lipinski definition) is 3. The molecule has 2 N–H and O–H groups in total. The molecule has 0 saturated carbocycles. The van der Waals surface area contributed by atoms with Crippen LogP contribution in [0.2, 0.25) is 5.15 Å². The molecule has 0 aliphatic rings. The summed E-state index contributed by atoms with van der Waals surface area (Å²) in [5, 5.41) is 11.9. The number of carboxylic acids is 1. The molecule has 0 radical (unpaired) electrons. The highest BCUT2D eigenvalue weighted by Gasteiger charge is 2.10. The third kappa shape index (κ3) is 2.85. The Morgan fingerprint density at radius 3 is 2.79 bits per heavy atom. The SMILES string of the molecule is CCNc1nc(Cl)ccc1C(=O)O.F. The van der Waals surface area contributed by atoms with Gasteiger partial charge in [0.1, 0.15) is 16.5 Å². The molecular formula is C8H10ClFN2O2. The molecule has 0 aromatic carbocycles. The number of nitrogens with zero attached hydrogens (tertiary/aromatic N) is 1. The van der Waals surface area contributed by atoms with E-state index in [9.17, 15) is 4.79 Å². The Balaban J connectivity index is 0.00000169. The molecule has 14 heavy (non-hydrogen) atoms. The van der Waals surface area contributed by atoms with Gasteiger partial charge in [-0.25, -0.2) is 9.78 Å². The van der Waals surface area contributed by atoms with Gasteiger partial charge in [0.25, 0.3) is 0 Å². The second-order valence-corrected chi connectivity index (χ2v) is 2.75. The lowest BCUT2D eigenvalue weighted by Gasteiger charge is -2.05. The lowest BCUT2D eigenvalue weighted by molar-refractivity contribution is 0.0697. The Bertz CT molecular complexity index is 333. The van der Waals surface area contributed by atoms with E-state index in [2.05, 4.69) is 10.3 Å². The molecule has 1 heterocycles. The summed E-state index contributed by atoms with van der Waals surface area (Å²) in [5.41, 5.74) is 0.131. The second kappa shape index (κ2) is 5.39. The van der Waals surface area contributed by atoms with Crippen LogP contribution in [0.5, 0.6) is 0 Å². The molecule has 0 amide bonds. The second-order valence-electron chi connectivity index (χ2n) is 2.37. The topological polar surface area (TPSA) is 62.2 Å². The van der Waals surface area contributed by atoms with Crippen molar-refractivity contribution in [3.05, 3.63) is 22.8 Å². The van der Waals surface area contributed by atoms with Crippen molar-refractivity contribution in [2.75, 3.05) is 11.9 Å². The number of aromatic nitrogens is 1. The van der Waals surface area contributed by atoms with Crippen LogP contribution < -0.4 is 5.32 Å². The quantitative estimate of drug-likeness (QED) is 0.765. The monoisotopic (exact) mass is 220 g/mol. The molecule has 0 atom stereocenters. The van der Waals surface area contributed by atoms with Gasteiger partial charge in [0, 0.05) is 6.54 Å². The predicted molar refractivity (Wildman–Crippen MR) is 52.9 cm³/mol. The Labute approximate surface area is 85.3 Å². The fourth-order valence-corrected chi connectivity index (χ4v) is 1.06. The van der Waals surface area contributed by atoms with Crippen molar-refractivity contribution in [3.63, 3.8) is 0 Å². The van der Waals surface area contributed by atoms with E-state index in [1.807, 2.05) is 6.92 Å². The van der Waals surface area contributed by atoms with Crippen molar-refractivity contribution >= 4 is 23.4 Å². The molecule has 0 fully saturated rings. The van der Waals surface area contributed by atoms with Gasteiger partial charge in [-0.05, 0) is 19.1 Å². The normalized spacial score (nSPS) is 9.00. The van der Waals surface area contributed by atoms with Gasteiger partial charge in [0.15, 0.2) is 0 Å². The summed E-state index contributed by atoms with van der Waals surface area (Å²) in [6.07, 6.45) is 0. The van der Waals surface area contributed by atoms with Gasteiger partial charge in [-0.2, -0.15) is 0 Å². The van der Waals surface area contributed by atoms with Gasteiger partial charge in [-0.3, -0.25) is 4.70 Å². The number of hydrogen-bond donors (Lipinski definition) is 2. The zero-order valence-electron chi connectivity index (χ0n) is 7.45. The minimum atomic E-state index is -1.01. The van der Waals surface area contributed by atoms with Crippen LogP contribution in [0.3, 0.4) is 0 Å². The van der Waals surface area contributed by atoms with E-state index >= 15 is 0 Å². The molecule has 0 spiro atoms. The van der Waals surface area contributed by atoms with Crippen LogP contribution in [-0.2, 0) is 0 Å². The van der Waals surface area contributed by atoms with Crippen LogP contribution in [0.4, 0.5) is 10.5 Å². The average molecular weight is 221 g/mol. The van der Waals surface area contributed by atoms with Gasteiger partial charge in [-0.15, -0.1) is 0 Å². The third-order valence-electron chi connectivity index (χ3n) is 1.44. The van der Waals surface area contributed by atoms with E-state index in [0.29, 0.717) is 12.4 Å². The molecule has 0 unspecified atom stereocenters. The summed E-state index contributed by atoms with van der Waals surface area (Å²) in [7, 11) is 0. The molecule has 6 heteroatoms. The highest BCUT2D eigenvalue weighted by molar-refractivity contribution is 6.29. The summed E-state index contributed by atoms with van der Waals surface area (Å²) < 4.78 is 0. The molecule has 0 saturated heterocycles. The number of anilines is 1. The molecular weight excluding hydrogens is 211 g/mol. The fourth-order valence-electron chi connectivity index (χ4n) is 0.910. The maximum atomic E-state index is 10.7. The summed E-state index contributed by atoms with van der Waals surface area (Å²) in [4.78, 5) is 14.5. The van der Waals surface area contributed by atoms with E-state index in [4.69, 9.17) is 16.7 Å². The first-order chi connectivity index (χ1) is 6.15. The largest absolute Gasteiger partial charge is 0.478 e. The van der Waals surface area contributed by atoms with E-state index in [0.717, 1.165) is 0 Å². The van der Waals surface area contributed by atoms with Gasteiger partial charge in [0.05, 0.1) is 0 Å². The van der Waals surface area contributed by atoms with Crippen LogP contribution in [0, 0.1) is 0 Å². The van der Waals surface area contributed by atoms with E-state index in [-0.39, 0.29) is 15.4 Å². The van der Waals surface area contributed by atoms with Crippen LogP contribution in [-0.4, -0.2) is 22.6 Å². The molecule has 1 aromatic rings. The number of nitrogens with one attached hydrogen (secondary N) is 1. The molecule has 0 bridgehead atoms. The third-order valence-corrected chi connectivity index (χ3v) is 1.65. The Hall–Kier alpha value is -1.36. The van der Waals surface area contributed by atoms with Crippen LogP contribution >= 0.6 is 11.6 Å². The Morgan fingerprint density at radius 1 is 1.64 bits per heavy atom. The first kappa shape index (κ1) is 12.6. The zero-order chi connectivity index (χ0) is 9.84. The molecule has 0 aliphatic carbocycles. The predicted octanol–water partition coefficient (Wildman–Crippen LogP) is 2.02. The maximum absolute atomic E-state index is 10.7. The summed E-state index contributed by atoms with van der Waals surface area (Å²) >= 11 is 5.61. The van der Waals surface area contributed by atoms with Crippen molar-refractivity contribution < 1.29 is 14.6 Å². The van der Waals surface area contributed by atoms with Crippen molar-refractivity contribution in [1.82, 2.24) is 4.98 Å². The Morgan fingerprint density at radius 2 is 2.29 bits per heavy atom. The Kier molecular flexibility index (Phi) is 4.86.